The molecular formula is C22H16IN3O2. The van der Waals surface area contributed by atoms with Crippen LogP contribution < -0.4 is 10.2 Å². The summed E-state index contributed by atoms with van der Waals surface area (Å²) in [7, 11) is 0. The summed E-state index contributed by atoms with van der Waals surface area (Å²) >= 11 is 2.19. The largest absolute Gasteiger partial charge is 0.489 e. The Morgan fingerprint density at radius 1 is 1.11 bits per heavy atom. The molecule has 0 saturated heterocycles. The minimum atomic E-state index is -0.257. The Hall–Kier alpha value is -3.18. The van der Waals surface area contributed by atoms with Gasteiger partial charge in [0.15, 0.2) is 0 Å². The van der Waals surface area contributed by atoms with Crippen molar-refractivity contribution in [2.24, 2.45) is 5.10 Å². The van der Waals surface area contributed by atoms with Crippen molar-refractivity contribution >= 4 is 34.7 Å². The molecule has 0 heterocycles. The van der Waals surface area contributed by atoms with E-state index in [9.17, 15) is 4.79 Å². The van der Waals surface area contributed by atoms with Gasteiger partial charge in [-0.1, -0.05) is 12.1 Å². The summed E-state index contributed by atoms with van der Waals surface area (Å²) in [6.07, 6.45) is 1.57. The molecular weight excluding hydrogens is 465 g/mol. The summed E-state index contributed by atoms with van der Waals surface area (Å²) < 4.78 is 6.80. The van der Waals surface area contributed by atoms with Crippen molar-refractivity contribution in [1.82, 2.24) is 5.43 Å². The van der Waals surface area contributed by atoms with Crippen LogP contribution in [0.25, 0.3) is 0 Å². The molecule has 0 unspecified atom stereocenters. The second kappa shape index (κ2) is 9.67. The third-order valence-electron chi connectivity index (χ3n) is 3.83. The third-order valence-corrected chi connectivity index (χ3v) is 4.55. The van der Waals surface area contributed by atoms with Crippen LogP contribution in [0.4, 0.5) is 0 Å². The molecule has 5 nitrogen and oxygen atoms in total. The van der Waals surface area contributed by atoms with E-state index in [1.807, 2.05) is 48.5 Å². The predicted molar refractivity (Wildman–Crippen MR) is 116 cm³/mol. The van der Waals surface area contributed by atoms with Gasteiger partial charge in [0.1, 0.15) is 12.4 Å². The highest BCUT2D eigenvalue weighted by molar-refractivity contribution is 14.1. The molecule has 28 heavy (non-hydrogen) atoms. The predicted octanol–water partition coefficient (Wildman–Crippen LogP) is 4.51. The van der Waals surface area contributed by atoms with Crippen LogP contribution in [0.15, 0.2) is 77.9 Å². The highest BCUT2D eigenvalue weighted by atomic mass is 127. The maximum absolute atomic E-state index is 12.0. The number of halogens is 1. The molecule has 0 aliphatic heterocycles. The average molecular weight is 481 g/mol. The zero-order valence-electron chi connectivity index (χ0n) is 14.8. The molecule has 138 valence electrons. The Morgan fingerprint density at radius 3 is 2.57 bits per heavy atom. The second-order valence-corrected chi connectivity index (χ2v) is 7.12. The van der Waals surface area contributed by atoms with Gasteiger partial charge in [-0.15, -0.1) is 0 Å². The van der Waals surface area contributed by atoms with Crippen LogP contribution in [0.3, 0.4) is 0 Å². The molecule has 0 atom stereocenters. The van der Waals surface area contributed by atoms with Crippen LogP contribution in [0.1, 0.15) is 27.0 Å². The fourth-order valence-corrected chi connectivity index (χ4v) is 2.74. The van der Waals surface area contributed by atoms with Gasteiger partial charge in [0.2, 0.25) is 0 Å². The van der Waals surface area contributed by atoms with Crippen molar-refractivity contribution in [2.75, 3.05) is 0 Å². The van der Waals surface area contributed by atoms with Crippen molar-refractivity contribution in [3.63, 3.8) is 0 Å². The number of nitrogens with zero attached hydrogens (tertiary/aromatic N) is 2. The van der Waals surface area contributed by atoms with Crippen LogP contribution >= 0.6 is 22.6 Å². The van der Waals surface area contributed by atoms with E-state index < -0.39 is 0 Å². The van der Waals surface area contributed by atoms with E-state index in [1.54, 1.807) is 30.5 Å². The summed E-state index contributed by atoms with van der Waals surface area (Å²) in [4.78, 5) is 12.0. The van der Waals surface area contributed by atoms with Crippen molar-refractivity contribution in [1.29, 1.82) is 5.26 Å². The molecule has 0 spiro atoms. The minimum absolute atomic E-state index is 0.257. The lowest BCUT2D eigenvalue weighted by atomic mass is 10.1. The van der Waals surface area contributed by atoms with Crippen LogP contribution in [0.2, 0.25) is 0 Å². The summed E-state index contributed by atoms with van der Waals surface area (Å²) in [5.74, 6) is 0.453. The van der Waals surface area contributed by atoms with Crippen molar-refractivity contribution < 1.29 is 9.53 Å². The topological polar surface area (TPSA) is 74.5 Å². The van der Waals surface area contributed by atoms with Crippen LogP contribution in [0.5, 0.6) is 5.75 Å². The SMILES string of the molecule is N#Cc1cccc(COc2ccc(/C=N\NC(=O)c3ccc(I)cc3)cc2)c1. The average Bonchev–Trinajstić information content (AvgIpc) is 2.73. The fraction of sp³-hybridized carbons (Fsp3) is 0.0455. The molecule has 0 saturated carbocycles. The number of carbonyl (C=O) groups excluding carboxylic acids is 1. The van der Waals surface area contributed by atoms with Gasteiger partial charge in [0.05, 0.1) is 17.8 Å². The smallest absolute Gasteiger partial charge is 0.271 e. The first-order chi connectivity index (χ1) is 13.6. The molecule has 3 aromatic carbocycles. The van der Waals surface area contributed by atoms with Gasteiger partial charge in [0.25, 0.3) is 5.91 Å². The quantitative estimate of drug-likeness (QED) is 0.320. The number of benzene rings is 3. The number of nitrogens with one attached hydrogen (secondary N) is 1. The Balaban J connectivity index is 1.52. The normalized spacial score (nSPS) is 10.4. The third kappa shape index (κ3) is 5.66. The molecule has 0 aromatic heterocycles. The van der Waals surface area contributed by atoms with Gasteiger partial charge in [-0.05, 0) is 94.4 Å². The maximum atomic E-state index is 12.0. The van der Waals surface area contributed by atoms with E-state index in [4.69, 9.17) is 10.00 Å². The van der Waals surface area contributed by atoms with Crippen LogP contribution in [-0.2, 0) is 6.61 Å². The molecule has 1 amide bonds. The Labute approximate surface area is 176 Å². The number of hydrogen-bond acceptors (Lipinski definition) is 4. The summed E-state index contributed by atoms with van der Waals surface area (Å²) in [6, 6.07) is 24.0. The lowest BCUT2D eigenvalue weighted by Gasteiger charge is -2.06. The standard InChI is InChI=1S/C22H16IN3O2/c23-20-8-6-19(7-9-20)22(27)26-25-14-16-4-10-21(11-5-16)28-15-18-3-1-2-17(12-18)13-24/h1-12,14H,15H2,(H,26,27)/b25-14-. The van der Waals surface area contributed by atoms with Gasteiger partial charge < -0.3 is 4.74 Å². The van der Waals surface area contributed by atoms with E-state index in [0.29, 0.717) is 23.5 Å². The van der Waals surface area contributed by atoms with Crippen LogP contribution in [-0.4, -0.2) is 12.1 Å². The first-order valence-corrected chi connectivity index (χ1v) is 9.53. The summed E-state index contributed by atoms with van der Waals surface area (Å²) in [5, 5.41) is 12.9. The first kappa shape index (κ1) is 19.6. The van der Waals surface area contributed by atoms with E-state index in [0.717, 1.165) is 14.7 Å². The van der Waals surface area contributed by atoms with Gasteiger partial charge in [0, 0.05) is 9.13 Å². The first-order valence-electron chi connectivity index (χ1n) is 8.45. The molecule has 6 heteroatoms. The van der Waals surface area contributed by atoms with E-state index >= 15 is 0 Å². The number of carbonyl (C=O) groups is 1. The fourth-order valence-electron chi connectivity index (χ4n) is 2.38. The molecule has 3 aromatic rings. The number of ether oxygens (including phenoxy) is 1. The molecule has 0 radical (unpaired) electrons. The van der Waals surface area contributed by atoms with E-state index in [-0.39, 0.29) is 5.91 Å². The van der Waals surface area contributed by atoms with Gasteiger partial charge >= 0.3 is 0 Å². The number of hydrogen-bond donors (Lipinski definition) is 1. The molecule has 0 aliphatic carbocycles. The maximum Gasteiger partial charge on any atom is 0.271 e. The zero-order valence-corrected chi connectivity index (χ0v) is 17.0. The zero-order chi connectivity index (χ0) is 19.8. The number of amides is 1. The summed E-state index contributed by atoms with van der Waals surface area (Å²) in [6.45, 7) is 0.384. The van der Waals surface area contributed by atoms with Crippen molar-refractivity contribution in [3.8, 4) is 11.8 Å². The highest BCUT2D eigenvalue weighted by Gasteiger charge is 2.03. The van der Waals surface area contributed by atoms with Crippen molar-refractivity contribution in [3.05, 3.63) is 98.6 Å². The Bertz CT molecular complexity index is 1020. The van der Waals surface area contributed by atoms with E-state index in [2.05, 4.69) is 39.2 Å². The molecule has 3 rings (SSSR count). The minimum Gasteiger partial charge on any atom is -0.489 e. The Morgan fingerprint density at radius 2 is 1.86 bits per heavy atom. The monoisotopic (exact) mass is 481 g/mol. The van der Waals surface area contributed by atoms with Crippen molar-refractivity contribution in [2.45, 2.75) is 6.61 Å². The van der Waals surface area contributed by atoms with Crippen LogP contribution in [0, 0.1) is 14.9 Å². The second-order valence-electron chi connectivity index (χ2n) is 5.88. The highest BCUT2D eigenvalue weighted by Crippen LogP contribution is 2.14. The molecule has 1 N–H and O–H groups in total. The van der Waals surface area contributed by atoms with Gasteiger partial charge in [-0.25, -0.2) is 5.43 Å². The summed E-state index contributed by atoms with van der Waals surface area (Å²) in [5.41, 5.74) is 5.45. The number of nitriles is 1. The van der Waals surface area contributed by atoms with Gasteiger partial charge in [-0.3, -0.25) is 4.79 Å². The molecule has 0 bridgehead atoms. The van der Waals surface area contributed by atoms with E-state index in [1.165, 1.54) is 0 Å². The number of hydrazone groups is 1. The lowest BCUT2D eigenvalue weighted by Crippen LogP contribution is -2.17. The molecule has 0 fully saturated rings. The lowest BCUT2D eigenvalue weighted by molar-refractivity contribution is 0.0955. The number of rotatable bonds is 6. The molecule has 0 aliphatic rings. The Kier molecular flexibility index (Phi) is 6.76. The van der Waals surface area contributed by atoms with Gasteiger partial charge in [-0.2, -0.15) is 10.4 Å².